The van der Waals surface area contributed by atoms with Crippen molar-refractivity contribution >= 4 is 22.4 Å². The van der Waals surface area contributed by atoms with Crippen LogP contribution in [0.1, 0.15) is 30.3 Å². The highest BCUT2D eigenvalue weighted by Gasteiger charge is 2.34. The number of hydrogen-bond acceptors (Lipinski definition) is 5. The molecule has 2 aromatic heterocycles. The minimum absolute atomic E-state index is 0.143. The van der Waals surface area contributed by atoms with Crippen LogP contribution in [0, 0.1) is 0 Å². The average Bonchev–Trinajstić information content (AvgIpc) is 2.88. The lowest BCUT2D eigenvalue weighted by molar-refractivity contribution is -0.139. The molecule has 0 aromatic carbocycles. The summed E-state index contributed by atoms with van der Waals surface area (Å²) in [6.45, 7) is 3.28. The third-order valence-corrected chi connectivity index (χ3v) is 3.96. The van der Waals surface area contributed by atoms with Crippen molar-refractivity contribution < 1.29 is 18.0 Å². The Morgan fingerprint density at radius 2 is 2.09 bits per heavy atom. The van der Waals surface area contributed by atoms with E-state index in [2.05, 4.69) is 15.5 Å². The van der Waals surface area contributed by atoms with Gasteiger partial charge in [-0.05, 0) is 12.1 Å². The Kier molecular flexibility index (Phi) is 4.83. The lowest BCUT2D eigenvalue weighted by Crippen LogP contribution is -2.31. The summed E-state index contributed by atoms with van der Waals surface area (Å²) in [4.78, 5) is 23.6. The zero-order valence-electron chi connectivity index (χ0n) is 12.2. The van der Waals surface area contributed by atoms with E-state index in [-0.39, 0.29) is 11.0 Å². The number of hydrogen-bond donors (Lipinski definition) is 1. The molecule has 23 heavy (non-hydrogen) atoms. The van der Waals surface area contributed by atoms with Crippen molar-refractivity contribution in [2.45, 2.75) is 32.5 Å². The molecule has 0 radical (unpaired) electrons. The first-order valence-corrected chi connectivity index (χ1v) is 7.40. The Hall–Kier alpha value is -2.23. The average molecular weight is 346 g/mol. The summed E-state index contributed by atoms with van der Waals surface area (Å²) in [5.74, 6) is -0.512. The van der Waals surface area contributed by atoms with E-state index in [1.165, 1.54) is 11.3 Å². The number of carbonyl (C=O) groups is 1. The molecule has 6 nitrogen and oxygen atoms in total. The lowest BCUT2D eigenvalue weighted by Gasteiger charge is -2.09. The number of halogens is 3. The summed E-state index contributed by atoms with van der Waals surface area (Å²) in [6, 6.07) is 1.75. The van der Waals surface area contributed by atoms with Gasteiger partial charge >= 0.3 is 6.18 Å². The van der Waals surface area contributed by atoms with E-state index in [1.54, 1.807) is 0 Å². The van der Waals surface area contributed by atoms with Crippen molar-refractivity contribution in [3.8, 4) is 0 Å². The number of anilines is 1. The van der Waals surface area contributed by atoms with Gasteiger partial charge in [0.2, 0.25) is 11.0 Å². The summed E-state index contributed by atoms with van der Waals surface area (Å²) in [7, 11) is 0. The van der Waals surface area contributed by atoms with Gasteiger partial charge in [-0.1, -0.05) is 25.2 Å². The maximum absolute atomic E-state index is 12.7. The van der Waals surface area contributed by atoms with Gasteiger partial charge in [-0.15, -0.1) is 10.2 Å². The number of nitrogens with zero attached hydrogens (tertiary/aromatic N) is 3. The molecule has 1 N–H and O–H groups in total. The molecule has 0 aliphatic rings. The summed E-state index contributed by atoms with van der Waals surface area (Å²) in [5.41, 5.74) is -2.58. The first-order valence-electron chi connectivity index (χ1n) is 6.58. The number of pyridine rings is 1. The fourth-order valence-corrected chi connectivity index (χ4v) is 2.47. The third-order valence-electron chi connectivity index (χ3n) is 2.82. The maximum atomic E-state index is 12.7. The lowest BCUT2D eigenvalue weighted by atomic mass is 10.2. The summed E-state index contributed by atoms with van der Waals surface area (Å²) < 4.78 is 38.7. The van der Waals surface area contributed by atoms with Crippen molar-refractivity contribution in [3.05, 3.63) is 39.3 Å². The van der Waals surface area contributed by atoms with Gasteiger partial charge in [0, 0.05) is 12.1 Å². The topological polar surface area (TPSA) is 76.9 Å². The summed E-state index contributed by atoms with van der Waals surface area (Å²) >= 11 is 1.17. The second-order valence-electron chi connectivity index (χ2n) is 5.00. The van der Waals surface area contributed by atoms with E-state index in [4.69, 9.17) is 0 Å². The molecular formula is C13H13F3N4O2S. The number of aromatic nitrogens is 3. The van der Waals surface area contributed by atoms with E-state index < -0.39 is 29.8 Å². The van der Waals surface area contributed by atoms with Crippen molar-refractivity contribution in [1.82, 2.24) is 14.8 Å². The Balaban J connectivity index is 2.13. The zero-order chi connectivity index (χ0) is 17.2. The SMILES string of the molecule is CC(C)c1nnc(NC(=O)Cn2cccc(C(F)(F)F)c2=O)s1. The molecule has 2 rings (SSSR count). The fraction of sp³-hybridized carbons (Fsp3) is 0.385. The zero-order valence-corrected chi connectivity index (χ0v) is 13.0. The van der Waals surface area contributed by atoms with E-state index >= 15 is 0 Å². The maximum Gasteiger partial charge on any atom is 0.421 e. The second-order valence-corrected chi connectivity index (χ2v) is 6.01. The summed E-state index contributed by atoms with van der Waals surface area (Å²) in [6.07, 6.45) is -3.64. The molecule has 0 aliphatic carbocycles. The van der Waals surface area contributed by atoms with Crippen LogP contribution in [0.5, 0.6) is 0 Å². The Morgan fingerprint density at radius 1 is 1.39 bits per heavy atom. The molecule has 1 amide bonds. The first-order chi connectivity index (χ1) is 10.7. The predicted molar refractivity (Wildman–Crippen MR) is 78.3 cm³/mol. The molecule has 0 atom stereocenters. The van der Waals surface area contributed by atoms with Gasteiger partial charge in [0.1, 0.15) is 17.1 Å². The smallest absolute Gasteiger partial charge is 0.306 e. The third kappa shape index (κ3) is 4.15. The van der Waals surface area contributed by atoms with Crippen LogP contribution in [0.15, 0.2) is 23.1 Å². The van der Waals surface area contributed by atoms with Crippen LogP contribution >= 0.6 is 11.3 Å². The van der Waals surface area contributed by atoms with Gasteiger partial charge in [0.15, 0.2) is 0 Å². The van der Waals surface area contributed by atoms with Gasteiger partial charge in [-0.3, -0.25) is 14.9 Å². The van der Waals surface area contributed by atoms with Crippen LogP contribution in [0.4, 0.5) is 18.3 Å². The molecule has 2 heterocycles. The van der Waals surface area contributed by atoms with Crippen molar-refractivity contribution in [2.24, 2.45) is 0 Å². The van der Waals surface area contributed by atoms with Crippen molar-refractivity contribution in [2.75, 3.05) is 5.32 Å². The molecule has 0 spiro atoms. The number of nitrogens with one attached hydrogen (secondary N) is 1. The minimum atomic E-state index is -4.76. The standard InChI is InChI=1S/C13H13F3N4O2S/c1-7(2)10-18-19-12(23-10)17-9(21)6-20-5-3-4-8(11(20)22)13(14,15)16/h3-5,7H,6H2,1-2H3,(H,17,19,21). The molecule has 0 saturated heterocycles. The Labute approximate surface area is 133 Å². The van der Waals surface area contributed by atoms with Crippen LogP contribution in [0.25, 0.3) is 0 Å². The summed E-state index contributed by atoms with van der Waals surface area (Å²) in [5, 5.41) is 11.0. The second kappa shape index (κ2) is 6.49. The Bertz CT molecular complexity index is 767. The van der Waals surface area contributed by atoms with Gasteiger partial charge < -0.3 is 4.57 Å². The van der Waals surface area contributed by atoms with Crippen LogP contribution in [0.3, 0.4) is 0 Å². The molecule has 0 saturated carbocycles. The van der Waals surface area contributed by atoms with Gasteiger partial charge in [0.05, 0.1) is 0 Å². The van der Waals surface area contributed by atoms with Crippen LogP contribution in [0.2, 0.25) is 0 Å². The van der Waals surface area contributed by atoms with Crippen LogP contribution in [-0.4, -0.2) is 20.7 Å². The van der Waals surface area contributed by atoms with Gasteiger partial charge in [-0.25, -0.2) is 0 Å². The molecule has 0 unspecified atom stereocenters. The van der Waals surface area contributed by atoms with Crippen LogP contribution < -0.4 is 10.9 Å². The Morgan fingerprint density at radius 3 is 2.65 bits per heavy atom. The highest BCUT2D eigenvalue weighted by molar-refractivity contribution is 7.15. The molecule has 2 aromatic rings. The minimum Gasteiger partial charge on any atom is -0.306 e. The van der Waals surface area contributed by atoms with Crippen molar-refractivity contribution in [3.63, 3.8) is 0 Å². The number of alkyl halides is 3. The molecule has 0 bridgehead atoms. The molecule has 124 valence electrons. The molecule has 10 heteroatoms. The molecular weight excluding hydrogens is 333 g/mol. The van der Waals surface area contributed by atoms with Gasteiger partial charge in [0.25, 0.3) is 5.56 Å². The first kappa shape index (κ1) is 17.1. The van der Waals surface area contributed by atoms with Gasteiger partial charge in [-0.2, -0.15) is 13.2 Å². The number of rotatable bonds is 4. The normalized spacial score (nSPS) is 11.7. The largest absolute Gasteiger partial charge is 0.421 e. The predicted octanol–water partition coefficient (Wildman–Crippen LogP) is 2.48. The number of amides is 1. The molecule has 0 aliphatic heterocycles. The number of carbonyl (C=O) groups excluding carboxylic acids is 1. The van der Waals surface area contributed by atoms with Crippen molar-refractivity contribution in [1.29, 1.82) is 0 Å². The molecule has 0 fully saturated rings. The highest BCUT2D eigenvalue weighted by Crippen LogP contribution is 2.26. The quantitative estimate of drug-likeness (QED) is 0.923. The van der Waals surface area contributed by atoms with E-state index in [1.807, 2.05) is 13.8 Å². The van der Waals surface area contributed by atoms with E-state index in [9.17, 15) is 22.8 Å². The van der Waals surface area contributed by atoms with E-state index in [0.29, 0.717) is 10.6 Å². The van der Waals surface area contributed by atoms with E-state index in [0.717, 1.165) is 17.3 Å². The monoisotopic (exact) mass is 346 g/mol. The fourth-order valence-electron chi connectivity index (χ4n) is 1.71. The van der Waals surface area contributed by atoms with Crippen LogP contribution in [-0.2, 0) is 17.5 Å². The highest BCUT2D eigenvalue weighted by atomic mass is 32.1.